The second kappa shape index (κ2) is 20.1. The zero-order chi connectivity index (χ0) is 36.5. The lowest BCUT2D eigenvalue weighted by Crippen LogP contribution is -2.58. The van der Waals surface area contributed by atoms with Crippen molar-refractivity contribution < 1.29 is 56.7 Å². The van der Waals surface area contributed by atoms with Gasteiger partial charge in [0.25, 0.3) is 0 Å². The van der Waals surface area contributed by atoms with E-state index in [2.05, 4.69) is 45.0 Å². The average molecular weight is 835 g/mol. The predicted molar refractivity (Wildman–Crippen MR) is 196 cm³/mol. The van der Waals surface area contributed by atoms with Crippen molar-refractivity contribution in [2.45, 2.75) is 159 Å². The first-order valence-corrected chi connectivity index (χ1v) is 19.6. The minimum Gasteiger partial charge on any atom is -0.465 e. The highest BCUT2D eigenvalue weighted by Crippen LogP contribution is 2.42. The first-order chi connectivity index (χ1) is 24.7. The van der Waals surface area contributed by atoms with Crippen LogP contribution in [0, 0.1) is 5.92 Å². The van der Waals surface area contributed by atoms with Crippen LogP contribution in [0.25, 0.3) is 0 Å². The number of hydrogen-bond acceptors (Lipinski definition) is 12. The first kappa shape index (κ1) is 41.2. The summed E-state index contributed by atoms with van der Waals surface area (Å²) in [5.74, 6) is 1.39. The Kier molecular flexibility index (Phi) is 16.2. The van der Waals surface area contributed by atoms with Gasteiger partial charge < -0.3 is 56.7 Å². The van der Waals surface area contributed by atoms with Crippen molar-refractivity contribution in [1.82, 2.24) is 0 Å². The lowest BCUT2D eigenvalue weighted by Gasteiger charge is -2.45. The van der Waals surface area contributed by atoms with E-state index in [4.69, 9.17) is 36.2 Å². The van der Waals surface area contributed by atoms with Crippen LogP contribution < -0.4 is 4.74 Å². The second-order valence-corrected chi connectivity index (χ2v) is 15.3. The van der Waals surface area contributed by atoms with Gasteiger partial charge in [0, 0.05) is 44.3 Å². The van der Waals surface area contributed by atoms with E-state index in [1.54, 1.807) is 30.1 Å². The molecule has 3 aliphatic heterocycles. The zero-order valence-corrected chi connectivity index (χ0v) is 32.6. The molecule has 12 nitrogen and oxygen atoms in total. The summed E-state index contributed by atoms with van der Waals surface area (Å²) in [7, 11) is 1.63. The van der Waals surface area contributed by atoms with Crippen LogP contribution in [0.4, 0.5) is 0 Å². The Labute approximate surface area is 316 Å². The smallest absolute Gasteiger partial charge is 0.202 e. The fourth-order valence-electron chi connectivity index (χ4n) is 7.74. The van der Waals surface area contributed by atoms with Crippen LogP contribution in [0.2, 0.25) is 0 Å². The topological polar surface area (TPSA) is 155 Å². The number of aliphatic hydroxyl groups is 4. The van der Waals surface area contributed by atoms with Crippen molar-refractivity contribution in [3.8, 4) is 5.75 Å². The number of aryl methyl sites for hydroxylation is 1. The number of allylic oxidation sites excluding steroid dienone is 2. The van der Waals surface area contributed by atoms with Gasteiger partial charge >= 0.3 is 0 Å². The van der Waals surface area contributed by atoms with Gasteiger partial charge in [0.2, 0.25) is 6.29 Å². The highest BCUT2D eigenvalue weighted by Gasteiger charge is 2.47. The second-order valence-electron chi connectivity index (χ2n) is 14.7. The number of unbranched alkanes of at least 4 members (excludes halogenated alkanes) is 2. The minimum absolute atomic E-state index is 0.000829. The lowest BCUT2D eigenvalue weighted by molar-refractivity contribution is -0.336. The largest absolute Gasteiger partial charge is 0.465 e. The Morgan fingerprint density at radius 1 is 0.922 bits per heavy atom. The highest BCUT2D eigenvalue weighted by atomic mass is 127. The van der Waals surface area contributed by atoms with E-state index in [-0.39, 0.29) is 38.1 Å². The summed E-state index contributed by atoms with van der Waals surface area (Å²) in [6.07, 6.45) is 1.44. The molecule has 4 N–H and O–H groups in total. The fraction of sp³-hybridized carbons (Fsp3) is 0.789. The minimum atomic E-state index is -1.14. The van der Waals surface area contributed by atoms with Crippen LogP contribution in [-0.4, -0.2) is 115 Å². The van der Waals surface area contributed by atoms with Gasteiger partial charge in [0.15, 0.2) is 12.6 Å². The standard InChI is InChI=1S/C38H59IO12/c1-5-6-7-8-24-11-12-27(28-13-22(2)9-10-23(28)3)30(14-24)47-36-18-31(48-34-16-25(44-4)15-26(19-40)46-34)38(32(20-41)49-36)51-35-17-29(42)37(43)33(50-35)21-45-39/h11-14,23,25-26,28-29,31-38,40-43H,5-10,15-21H2,1-4H3/t23?,25-,26-,28+,29+,31+,32+,33+,34-,35-,36+,37-,38-/m0/s1. The third-order valence-electron chi connectivity index (χ3n) is 10.8. The maximum absolute atomic E-state index is 10.7. The normalized spacial score (nSPS) is 37.6. The van der Waals surface area contributed by atoms with Crippen molar-refractivity contribution >= 4 is 23.0 Å². The molecule has 1 unspecified atom stereocenters. The summed E-state index contributed by atoms with van der Waals surface area (Å²) >= 11 is 1.72. The van der Waals surface area contributed by atoms with Gasteiger partial charge in [-0.1, -0.05) is 50.5 Å². The molecular formula is C38H59IO12. The average Bonchev–Trinajstić information content (AvgIpc) is 3.12. The summed E-state index contributed by atoms with van der Waals surface area (Å²) < 4.78 is 49.3. The molecule has 51 heavy (non-hydrogen) atoms. The summed E-state index contributed by atoms with van der Waals surface area (Å²) in [6.45, 7) is 6.13. The molecule has 3 saturated heterocycles. The van der Waals surface area contributed by atoms with E-state index in [1.165, 1.54) is 11.1 Å². The maximum Gasteiger partial charge on any atom is 0.202 e. The van der Waals surface area contributed by atoms with Gasteiger partial charge in [-0.3, -0.25) is 0 Å². The van der Waals surface area contributed by atoms with Crippen LogP contribution in [0.5, 0.6) is 5.75 Å². The SMILES string of the molecule is CCCCCc1ccc([C@@H]2C=C(C)CCC2C)c(O[C@H]2C[C@@H](O[C@H]3C[C@@H](OC)C[C@@H](CO)O3)[C@H](O[C@H]3C[C@@H](O)[C@H](O)[C@@H](COI)O3)[C@@H](CO)O2)c1. The van der Waals surface area contributed by atoms with E-state index >= 15 is 0 Å². The van der Waals surface area contributed by atoms with E-state index in [0.29, 0.717) is 18.8 Å². The quantitative estimate of drug-likeness (QED) is 0.102. The number of hydrogen-bond donors (Lipinski definition) is 4. The third kappa shape index (κ3) is 11.1. The summed E-state index contributed by atoms with van der Waals surface area (Å²) in [5, 5.41) is 41.8. The van der Waals surface area contributed by atoms with Gasteiger partial charge in [-0.05, 0) is 50.2 Å². The molecule has 5 rings (SSSR count). The van der Waals surface area contributed by atoms with E-state index < -0.39 is 68.2 Å². The van der Waals surface area contributed by atoms with Crippen molar-refractivity contribution in [3.05, 3.63) is 41.0 Å². The van der Waals surface area contributed by atoms with Crippen molar-refractivity contribution in [3.63, 3.8) is 0 Å². The van der Waals surface area contributed by atoms with Gasteiger partial charge in [0.05, 0.1) is 44.2 Å². The summed E-state index contributed by atoms with van der Waals surface area (Å²) in [6, 6.07) is 6.56. The maximum atomic E-state index is 10.7. The van der Waals surface area contributed by atoms with Gasteiger partial charge in [0.1, 0.15) is 53.2 Å². The molecule has 0 spiro atoms. The molecule has 13 atom stereocenters. The van der Waals surface area contributed by atoms with Gasteiger partial charge in [-0.15, -0.1) is 0 Å². The molecule has 0 aromatic heterocycles. The van der Waals surface area contributed by atoms with Crippen LogP contribution in [0.3, 0.4) is 0 Å². The van der Waals surface area contributed by atoms with E-state index in [9.17, 15) is 20.4 Å². The number of halogens is 1. The number of aliphatic hydroxyl groups excluding tert-OH is 4. The molecular weight excluding hydrogens is 775 g/mol. The van der Waals surface area contributed by atoms with Crippen LogP contribution in [0.15, 0.2) is 29.8 Å². The van der Waals surface area contributed by atoms with Crippen LogP contribution in [-0.2, 0) is 37.9 Å². The molecule has 0 amide bonds. The molecule has 0 bridgehead atoms. The fourth-order valence-corrected chi connectivity index (χ4v) is 8.10. The zero-order valence-electron chi connectivity index (χ0n) is 30.4. The molecule has 0 radical (unpaired) electrons. The Bertz CT molecular complexity index is 1220. The van der Waals surface area contributed by atoms with Crippen molar-refractivity contribution in [2.24, 2.45) is 5.92 Å². The van der Waals surface area contributed by atoms with E-state index in [1.807, 2.05) is 0 Å². The molecule has 1 aliphatic carbocycles. The molecule has 1 aromatic rings. The van der Waals surface area contributed by atoms with Crippen LogP contribution in [0.1, 0.15) is 95.6 Å². The Balaban J connectivity index is 1.42. The van der Waals surface area contributed by atoms with Crippen molar-refractivity contribution in [2.75, 3.05) is 26.9 Å². The van der Waals surface area contributed by atoms with Gasteiger partial charge in [-0.2, -0.15) is 0 Å². The molecule has 1 aromatic carbocycles. The Hall–Kier alpha value is -0.950. The number of rotatable bonds is 16. The van der Waals surface area contributed by atoms with Gasteiger partial charge in [-0.25, -0.2) is 0 Å². The molecule has 13 heteroatoms. The molecule has 3 heterocycles. The summed E-state index contributed by atoms with van der Waals surface area (Å²) in [4.78, 5) is 0. The molecule has 4 aliphatic rings. The third-order valence-corrected chi connectivity index (χ3v) is 11.1. The molecule has 0 saturated carbocycles. The number of benzene rings is 1. The molecule has 3 fully saturated rings. The Morgan fingerprint density at radius 2 is 1.71 bits per heavy atom. The highest BCUT2D eigenvalue weighted by molar-refractivity contribution is 14.1. The van der Waals surface area contributed by atoms with Crippen LogP contribution >= 0.6 is 23.0 Å². The van der Waals surface area contributed by atoms with Crippen molar-refractivity contribution in [1.29, 1.82) is 0 Å². The first-order valence-electron chi connectivity index (χ1n) is 18.7. The summed E-state index contributed by atoms with van der Waals surface area (Å²) in [5.41, 5.74) is 3.68. The number of methoxy groups -OCH3 is 1. The predicted octanol–water partition coefficient (Wildman–Crippen LogP) is 4.85. The monoisotopic (exact) mass is 834 g/mol. The Morgan fingerprint density at radius 3 is 2.43 bits per heavy atom. The molecule has 290 valence electrons. The number of ether oxygens (including phenoxy) is 7. The van der Waals surface area contributed by atoms with E-state index in [0.717, 1.165) is 49.8 Å². The lowest BCUT2D eigenvalue weighted by atomic mass is 9.78.